The van der Waals surface area contributed by atoms with Crippen LogP contribution in [0.25, 0.3) is 0 Å². The van der Waals surface area contributed by atoms with E-state index < -0.39 is 10.0 Å². The smallest absolute Gasteiger partial charge is 0.232 e. The molecule has 2 N–H and O–H groups in total. The average Bonchev–Trinajstić information content (AvgIpc) is 3.08. The van der Waals surface area contributed by atoms with Crippen molar-refractivity contribution in [1.29, 1.82) is 0 Å². The van der Waals surface area contributed by atoms with E-state index in [1.807, 2.05) is 13.0 Å². The zero-order valence-electron chi connectivity index (χ0n) is 13.9. The van der Waals surface area contributed by atoms with E-state index in [-0.39, 0.29) is 21.9 Å². The van der Waals surface area contributed by atoms with Crippen molar-refractivity contribution in [3.05, 3.63) is 23.8 Å². The Kier molecular flexibility index (Phi) is 4.68. The first-order chi connectivity index (χ1) is 11.3. The standard InChI is InChI=1S/C17H23BrN2O3S/c1-3-24(22,23)20-14-5-4-13(8-11(14)2)19-16(21)17-7-6-12(10-17)9-15(17)18/h4-5,8,12,15,20H,3,6-7,9-10H2,1-2H3,(H,19,21)/t12-,15+,17-/m1/s1. The van der Waals surface area contributed by atoms with Crippen LogP contribution in [-0.2, 0) is 14.8 Å². The fourth-order valence-electron chi connectivity index (χ4n) is 3.88. The van der Waals surface area contributed by atoms with Crippen LogP contribution in [0, 0.1) is 18.3 Å². The third-order valence-corrected chi connectivity index (χ3v) is 7.91. The van der Waals surface area contributed by atoms with Crippen molar-refractivity contribution < 1.29 is 13.2 Å². The van der Waals surface area contributed by atoms with E-state index in [1.165, 1.54) is 0 Å². The number of nitrogens with one attached hydrogen (secondary N) is 2. The quantitative estimate of drug-likeness (QED) is 0.721. The summed E-state index contributed by atoms with van der Waals surface area (Å²) in [6, 6.07) is 5.26. The molecule has 3 rings (SSSR count). The molecule has 132 valence electrons. The van der Waals surface area contributed by atoms with Gasteiger partial charge in [0.2, 0.25) is 15.9 Å². The number of anilines is 2. The predicted molar refractivity (Wildman–Crippen MR) is 100.0 cm³/mol. The molecule has 1 aromatic carbocycles. The van der Waals surface area contributed by atoms with Gasteiger partial charge in [-0.15, -0.1) is 0 Å². The number of hydrogen-bond acceptors (Lipinski definition) is 3. The van der Waals surface area contributed by atoms with E-state index in [4.69, 9.17) is 0 Å². The maximum Gasteiger partial charge on any atom is 0.232 e. The third-order valence-electron chi connectivity index (χ3n) is 5.37. The van der Waals surface area contributed by atoms with Gasteiger partial charge in [0.25, 0.3) is 0 Å². The molecule has 2 fully saturated rings. The number of hydrogen-bond donors (Lipinski definition) is 2. The number of amides is 1. The largest absolute Gasteiger partial charge is 0.326 e. The van der Waals surface area contributed by atoms with Crippen molar-refractivity contribution in [2.75, 3.05) is 15.8 Å². The summed E-state index contributed by atoms with van der Waals surface area (Å²) < 4.78 is 25.9. The van der Waals surface area contributed by atoms with Crippen LogP contribution < -0.4 is 10.0 Å². The van der Waals surface area contributed by atoms with Crippen molar-refractivity contribution in [3.8, 4) is 0 Å². The minimum Gasteiger partial charge on any atom is -0.326 e. The van der Waals surface area contributed by atoms with Crippen LogP contribution in [0.2, 0.25) is 0 Å². The highest BCUT2D eigenvalue weighted by atomic mass is 79.9. The fraction of sp³-hybridized carbons (Fsp3) is 0.588. The summed E-state index contributed by atoms with van der Waals surface area (Å²) in [6.45, 7) is 3.43. The highest BCUT2D eigenvalue weighted by molar-refractivity contribution is 9.09. The molecule has 0 unspecified atom stereocenters. The van der Waals surface area contributed by atoms with Gasteiger partial charge in [-0.3, -0.25) is 9.52 Å². The fourth-order valence-corrected chi connectivity index (χ4v) is 5.75. The van der Waals surface area contributed by atoms with E-state index in [0.717, 1.165) is 31.2 Å². The zero-order valence-corrected chi connectivity index (χ0v) is 16.3. The van der Waals surface area contributed by atoms with Crippen molar-refractivity contribution in [2.24, 2.45) is 11.3 Å². The van der Waals surface area contributed by atoms with Gasteiger partial charge in [-0.05, 0) is 69.2 Å². The lowest BCUT2D eigenvalue weighted by Gasteiger charge is -2.30. The number of benzene rings is 1. The molecule has 7 heteroatoms. The van der Waals surface area contributed by atoms with Gasteiger partial charge in [-0.25, -0.2) is 8.42 Å². The Balaban J connectivity index is 1.74. The molecule has 1 aromatic rings. The second-order valence-corrected chi connectivity index (χ2v) is 10.1. The van der Waals surface area contributed by atoms with Gasteiger partial charge >= 0.3 is 0 Å². The minimum atomic E-state index is -3.30. The van der Waals surface area contributed by atoms with Gasteiger partial charge < -0.3 is 5.32 Å². The van der Waals surface area contributed by atoms with Gasteiger partial charge in [0, 0.05) is 10.5 Å². The summed E-state index contributed by atoms with van der Waals surface area (Å²) in [4.78, 5) is 13.1. The molecular weight excluding hydrogens is 392 g/mol. The molecule has 0 radical (unpaired) electrons. The summed E-state index contributed by atoms with van der Waals surface area (Å²) in [5, 5.41) is 3.03. The highest BCUT2D eigenvalue weighted by Gasteiger charge is 2.55. The molecule has 0 spiro atoms. The van der Waals surface area contributed by atoms with Gasteiger partial charge in [0.15, 0.2) is 0 Å². The Morgan fingerprint density at radius 2 is 2.17 bits per heavy atom. The van der Waals surface area contributed by atoms with Gasteiger partial charge in [-0.1, -0.05) is 15.9 Å². The number of sulfonamides is 1. The molecule has 0 heterocycles. The molecule has 2 aliphatic rings. The predicted octanol–water partition coefficient (Wildman–Crippen LogP) is 3.65. The van der Waals surface area contributed by atoms with Crippen molar-refractivity contribution in [3.63, 3.8) is 0 Å². The number of alkyl halides is 1. The summed E-state index contributed by atoms with van der Waals surface area (Å²) in [6.07, 6.45) is 4.10. The molecule has 2 bridgehead atoms. The van der Waals surface area contributed by atoms with E-state index in [1.54, 1.807) is 19.1 Å². The molecule has 2 saturated carbocycles. The third kappa shape index (κ3) is 3.20. The molecular formula is C17H23BrN2O3S. The van der Waals surface area contributed by atoms with Crippen LogP contribution in [0.15, 0.2) is 18.2 Å². The molecule has 0 saturated heterocycles. The Bertz CT molecular complexity index is 765. The molecule has 2 aliphatic carbocycles. The molecule has 1 amide bonds. The Morgan fingerprint density at radius 1 is 1.42 bits per heavy atom. The number of aryl methyl sites for hydroxylation is 1. The summed E-state index contributed by atoms with van der Waals surface area (Å²) in [5.41, 5.74) is 1.75. The first-order valence-electron chi connectivity index (χ1n) is 8.32. The van der Waals surface area contributed by atoms with Crippen LogP contribution in [0.1, 0.15) is 38.2 Å². The molecule has 0 aliphatic heterocycles. The maximum absolute atomic E-state index is 12.8. The topological polar surface area (TPSA) is 75.3 Å². The van der Waals surface area contributed by atoms with Crippen LogP contribution in [-0.4, -0.2) is 24.9 Å². The van der Waals surface area contributed by atoms with Crippen LogP contribution in [0.4, 0.5) is 11.4 Å². The zero-order chi connectivity index (χ0) is 17.5. The molecule has 0 aromatic heterocycles. The van der Waals surface area contributed by atoms with Crippen LogP contribution >= 0.6 is 15.9 Å². The minimum absolute atomic E-state index is 0.0290. The number of rotatable bonds is 5. The van der Waals surface area contributed by atoms with Gasteiger partial charge in [0.1, 0.15) is 0 Å². The monoisotopic (exact) mass is 414 g/mol. The SMILES string of the molecule is CCS(=O)(=O)Nc1ccc(NC(=O)[C@@]23CC[C@H](C[C@@H]2Br)C3)cc1C. The lowest BCUT2D eigenvalue weighted by molar-refractivity contribution is -0.124. The van der Waals surface area contributed by atoms with Crippen molar-refractivity contribution in [2.45, 2.75) is 44.4 Å². The summed E-state index contributed by atoms with van der Waals surface area (Å²) in [5.74, 6) is 0.764. The average molecular weight is 415 g/mol. The second kappa shape index (κ2) is 6.33. The van der Waals surface area contributed by atoms with E-state index in [9.17, 15) is 13.2 Å². The summed E-state index contributed by atoms with van der Waals surface area (Å²) >= 11 is 3.70. The first-order valence-corrected chi connectivity index (χ1v) is 10.9. The Morgan fingerprint density at radius 3 is 2.71 bits per heavy atom. The number of carbonyl (C=O) groups excluding carboxylic acids is 1. The van der Waals surface area contributed by atoms with Gasteiger partial charge in [-0.2, -0.15) is 0 Å². The lowest BCUT2D eigenvalue weighted by atomic mass is 9.83. The lowest BCUT2D eigenvalue weighted by Crippen LogP contribution is -2.39. The Hall–Kier alpha value is -1.08. The van der Waals surface area contributed by atoms with Crippen molar-refractivity contribution >= 4 is 43.2 Å². The van der Waals surface area contributed by atoms with Crippen LogP contribution in [0.5, 0.6) is 0 Å². The maximum atomic E-state index is 12.8. The molecule has 5 nitrogen and oxygen atoms in total. The van der Waals surface area contributed by atoms with Gasteiger partial charge in [0.05, 0.1) is 16.9 Å². The highest BCUT2D eigenvalue weighted by Crippen LogP contribution is 2.57. The van der Waals surface area contributed by atoms with E-state index >= 15 is 0 Å². The normalized spacial score (nSPS) is 28.8. The number of fused-ring (bicyclic) bond motifs is 2. The second-order valence-electron chi connectivity index (χ2n) is 6.96. The molecule has 24 heavy (non-hydrogen) atoms. The first kappa shape index (κ1) is 17.7. The molecule has 3 atom stereocenters. The van der Waals surface area contributed by atoms with E-state index in [0.29, 0.717) is 17.3 Å². The number of halogens is 1. The summed E-state index contributed by atoms with van der Waals surface area (Å²) in [7, 11) is -3.30. The Labute approximate surface area is 151 Å². The van der Waals surface area contributed by atoms with E-state index in [2.05, 4.69) is 26.0 Å². The van der Waals surface area contributed by atoms with Crippen molar-refractivity contribution in [1.82, 2.24) is 0 Å². The van der Waals surface area contributed by atoms with Crippen LogP contribution in [0.3, 0.4) is 0 Å². The number of carbonyl (C=O) groups is 1.